The second-order valence-electron chi connectivity index (χ2n) is 5.79. The Hall–Kier alpha value is -1.12. The normalized spacial score (nSPS) is 26.5. The number of hydrogen-bond donors (Lipinski definition) is 1. The fourth-order valence-electron chi connectivity index (χ4n) is 2.81. The molecule has 1 aliphatic heterocycles. The maximum absolute atomic E-state index is 14.3. The SMILES string of the molecule is O=C(OC1CCCCC12OCCO2)C(F)(C(F)(F)C(F)(F)F)S(=O)(=O)O. The minimum atomic E-state index is -6.88. The molecule has 0 bridgehead atoms. The minimum absolute atomic E-state index is 0.00811. The van der Waals surface area contributed by atoms with Gasteiger partial charge in [0.1, 0.15) is 0 Å². The second kappa shape index (κ2) is 6.49. The lowest BCUT2D eigenvalue weighted by atomic mass is 9.91. The van der Waals surface area contributed by atoms with Crippen molar-refractivity contribution in [3.8, 4) is 0 Å². The molecule has 1 spiro atoms. The van der Waals surface area contributed by atoms with E-state index in [4.69, 9.17) is 14.0 Å². The van der Waals surface area contributed by atoms with E-state index in [1.165, 1.54) is 0 Å². The largest absolute Gasteiger partial charge is 0.458 e. The fraction of sp³-hybridized carbons (Fsp3) is 0.917. The van der Waals surface area contributed by atoms with Crippen molar-refractivity contribution in [3.63, 3.8) is 0 Å². The second-order valence-corrected chi connectivity index (χ2v) is 7.30. The maximum Gasteiger partial charge on any atom is 0.458 e. The summed E-state index contributed by atoms with van der Waals surface area (Å²) < 4.78 is 124. The van der Waals surface area contributed by atoms with Crippen molar-refractivity contribution in [1.82, 2.24) is 0 Å². The maximum atomic E-state index is 14.3. The molecule has 26 heavy (non-hydrogen) atoms. The van der Waals surface area contributed by atoms with Gasteiger partial charge in [-0.25, -0.2) is 9.18 Å². The van der Waals surface area contributed by atoms with E-state index in [0.29, 0.717) is 12.8 Å². The summed E-state index contributed by atoms with van der Waals surface area (Å²) in [6.45, 7) is -0.0162. The Morgan fingerprint density at radius 2 is 1.62 bits per heavy atom. The van der Waals surface area contributed by atoms with Crippen LogP contribution in [0.4, 0.5) is 26.3 Å². The van der Waals surface area contributed by atoms with Crippen molar-refractivity contribution in [3.05, 3.63) is 0 Å². The molecular formula is C12H14F6O7S. The molecule has 2 fully saturated rings. The van der Waals surface area contributed by atoms with Crippen LogP contribution in [-0.4, -0.2) is 61.1 Å². The van der Waals surface area contributed by atoms with E-state index in [9.17, 15) is 39.6 Å². The highest BCUT2D eigenvalue weighted by Gasteiger charge is 2.82. The van der Waals surface area contributed by atoms with Crippen LogP contribution in [0.15, 0.2) is 0 Å². The van der Waals surface area contributed by atoms with Crippen molar-refractivity contribution >= 4 is 16.1 Å². The topological polar surface area (TPSA) is 99.1 Å². The van der Waals surface area contributed by atoms with Crippen LogP contribution in [0.3, 0.4) is 0 Å². The third-order valence-electron chi connectivity index (χ3n) is 4.14. The number of halogens is 6. The highest BCUT2D eigenvalue weighted by atomic mass is 32.2. The molecule has 1 saturated carbocycles. The standard InChI is InChI=1S/C12H14F6O7S/c13-10(26(20,21)22,11(14,15)12(16,17)18)8(19)25-7-3-1-2-4-9(7)23-5-6-24-9/h7H,1-6H2,(H,20,21,22). The molecule has 2 atom stereocenters. The summed E-state index contributed by atoms with van der Waals surface area (Å²) in [5.41, 5.74) is 0. The Morgan fingerprint density at radius 3 is 2.08 bits per heavy atom. The molecule has 2 rings (SSSR count). The first-order valence-electron chi connectivity index (χ1n) is 7.28. The summed E-state index contributed by atoms with van der Waals surface area (Å²) in [5.74, 6) is -11.6. The Balaban J connectivity index is 2.39. The van der Waals surface area contributed by atoms with Gasteiger partial charge in [0.15, 0.2) is 6.10 Å². The number of rotatable bonds is 4. The predicted octanol–water partition coefficient (Wildman–Crippen LogP) is 1.97. The van der Waals surface area contributed by atoms with Crippen molar-refractivity contribution in [2.24, 2.45) is 0 Å². The molecule has 0 aromatic rings. The summed E-state index contributed by atoms with van der Waals surface area (Å²) in [7, 11) is -6.88. The average molecular weight is 416 g/mol. The van der Waals surface area contributed by atoms with Gasteiger partial charge in [-0.05, 0) is 19.3 Å². The van der Waals surface area contributed by atoms with Gasteiger partial charge in [0.25, 0.3) is 0 Å². The monoisotopic (exact) mass is 416 g/mol. The molecule has 1 heterocycles. The number of esters is 1. The molecule has 2 unspecified atom stereocenters. The van der Waals surface area contributed by atoms with Crippen LogP contribution in [0.1, 0.15) is 25.7 Å². The van der Waals surface area contributed by atoms with E-state index in [1.807, 2.05) is 0 Å². The van der Waals surface area contributed by atoms with Crippen molar-refractivity contribution < 1.29 is 58.3 Å². The van der Waals surface area contributed by atoms with Crippen LogP contribution in [0.2, 0.25) is 0 Å². The minimum Gasteiger partial charge on any atom is -0.453 e. The van der Waals surface area contributed by atoms with Crippen LogP contribution in [0, 0.1) is 0 Å². The smallest absolute Gasteiger partial charge is 0.453 e. The zero-order valence-corrected chi connectivity index (χ0v) is 13.7. The van der Waals surface area contributed by atoms with E-state index in [-0.39, 0.29) is 26.1 Å². The molecule has 0 aromatic carbocycles. The van der Waals surface area contributed by atoms with Gasteiger partial charge in [-0.2, -0.15) is 30.4 Å². The number of carbonyl (C=O) groups is 1. The molecule has 1 saturated heterocycles. The van der Waals surface area contributed by atoms with Crippen molar-refractivity contribution in [2.45, 2.75) is 54.7 Å². The first-order valence-corrected chi connectivity index (χ1v) is 8.72. The summed E-state index contributed by atoms with van der Waals surface area (Å²) in [5, 5.41) is -6.09. The van der Waals surface area contributed by atoms with Gasteiger partial charge >= 0.3 is 33.2 Å². The van der Waals surface area contributed by atoms with Gasteiger partial charge in [-0.15, -0.1) is 0 Å². The van der Waals surface area contributed by atoms with Crippen LogP contribution in [0.25, 0.3) is 0 Å². The first kappa shape index (κ1) is 21.2. The summed E-state index contributed by atoms with van der Waals surface area (Å²) >= 11 is 0. The fourth-order valence-corrected chi connectivity index (χ4v) is 3.51. The summed E-state index contributed by atoms with van der Waals surface area (Å²) in [6.07, 6.45) is -7.77. The highest BCUT2D eigenvalue weighted by molar-refractivity contribution is 7.88. The van der Waals surface area contributed by atoms with Gasteiger partial charge in [-0.3, -0.25) is 4.55 Å². The summed E-state index contributed by atoms with van der Waals surface area (Å²) in [4.78, 5) is 11.8. The number of carbonyl (C=O) groups excluding carboxylic acids is 1. The lowest BCUT2D eigenvalue weighted by Gasteiger charge is -2.39. The van der Waals surface area contributed by atoms with Crippen molar-refractivity contribution in [2.75, 3.05) is 13.2 Å². The molecule has 0 aromatic heterocycles. The first-order chi connectivity index (χ1) is 11.7. The number of alkyl halides is 6. The Kier molecular flexibility index (Phi) is 5.29. The van der Waals surface area contributed by atoms with Gasteiger partial charge in [0.2, 0.25) is 5.79 Å². The lowest BCUT2D eigenvalue weighted by Crippen LogP contribution is -2.64. The quantitative estimate of drug-likeness (QED) is 0.425. The van der Waals surface area contributed by atoms with Crippen LogP contribution in [0.5, 0.6) is 0 Å². The van der Waals surface area contributed by atoms with E-state index >= 15 is 0 Å². The average Bonchev–Trinajstić information content (AvgIpc) is 2.95. The highest BCUT2D eigenvalue weighted by Crippen LogP contribution is 2.49. The summed E-state index contributed by atoms with van der Waals surface area (Å²) in [6, 6.07) is 0. The molecule has 0 amide bonds. The third-order valence-corrected chi connectivity index (χ3v) is 5.27. The van der Waals surface area contributed by atoms with Crippen molar-refractivity contribution in [1.29, 1.82) is 0 Å². The number of hydrogen-bond acceptors (Lipinski definition) is 6. The van der Waals surface area contributed by atoms with Gasteiger partial charge in [0.05, 0.1) is 13.2 Å². The molecule has 152 valence electrons. The number of ether oxygens (including phenoxy) is 3. The Morgan fingerprint density at radius 1 is 1.08 bits per heavy atom. The van der Waals surface area contributed by atoms with E-state index in [2.05, 4.69) is 4.74 Å². The molecule has 0 radical (unpaired) electrons. The zero-order chi connectivity index (χ0) is 20.0. The van der Waals surface area contributed by atoms with Crippen LogP contribution in [-0.2, 0) is 29.1 Å². The van der Waals surface area contributed by atoms with Crippen LogP contribution < -0.4 is 0 Å². The van der Waals surface area contributed by atoms with E-state index in [0.717, 1.165) is 0 Å². The van der Waals surface area contributed by atoms with Gasteiger partial charge < -0.3 is 14.2 Å². The molecule has 2 aliphatic rings. The molecule has 1 N–H and O–H groups in total. The van der Waals surface area contributed by atoms with Gasteiger partial charge in [-0.1, -0.05) is 0 Å². The Labute approximate surface area is 143 Å². The van der Waals surface area contributed by atoms with E-state index in [1.54, 1.807) is 0 Å². The molecule has 1 aliphatic carbocycles. The van der Waals surface area contributed by atoms with Gasteiger partial charge in [0, 0.05) is 6.42 Å². The van der Waals surface area contributed by atoms with Crippen LogP contribution >= 0.6 is 0 Å². The lowest BCUT2D eigenvalue weighted by molar-refractivity contribution is -0.314. The molecule has 7 nitrogen and oxygen atoms in total. The molecular weight excluding hydrogens is 402 g/mol. The molecule has 14 heteroatoms. The van der Waals surface area contributed by atoms with E-state index < -0.39 is 45.1 Å². The third kappa shape index (κ3) is 3.16. The zero-order valence-electron chi connectivity index (χ0n) is 12.9. The Bertz CT molecular complexity index is 657. The predicted molar refractivity (Wildman–Crippen MR) is 69.4 cm³/mol.